The lowest BCUT2D eigenvalue weighted by Crippen LogP contribution is -2.48. The van der Waals surface area contributed by atoms with Crippen molar-refractivity contribution in [3.8, 4) is 11.8 Å². The number of carbonyl (C=O) groups excluding carboxylic acids is 2. The van der Waals surface area contributed by atoms with Gasteiger partial charge in [-0.3, -0.25) is 10.0 Å². The largest absolute Gasteiger partial charge is 0.461 e. The number of rotatable bonds is 8. The highest BCUT2D eigenvalue weighted by Crippen LogP contribution is 2.19. The standard InChI is InChI=1S/C27H26N2O6S/c1-20-8-10-22(11-9-20)12-13-23-14-16-25(17-15-23)36(33,34)29(21(2)26(30)28-32)18-19-35-27(31)24-6-4-3-5-7-24/h3-11,14-17,21,32H,18-19H2,1-2H3,(H,28,30)/t21-/m1/s1. The zero-order chi connectivity index (χ0) is 26.1. The molecule has 36 heavy (non-hydrogen) atoms. The molecular weight excluding hydrogens is 480 g/mol. The highest BCUT2D eigenvalue weighted by molar-refractivity contribution is 7.89. The van der Waals surface area contributed by atoms with Gasteiger partial charge >= 0.3 is 5.97 Å². The van der Waals surface area contributed by atoms with Crippen LogP contribution in [0.15, 0.2) is 83.8 Å². The lowest BCUT2D eigenvalue weighted by molar-refractivity contribution is -0.132. The van der Waals surface area contributed by atoms with Crippen molar-refractivity contribution in [2.24, 2.45) is 0 Å². The molecule has 0 bridgehead atoms. The number of hydroxylamine groups is 1. The number of hydrogen-bond acceptors (Lipinski definition) is 6. The summed E-state index contributed by atoms with van der Waals surface area (Å²) in [6, 6.07) is 20.6. The number of nitrogens with zero attached hydrogens (tertiary/aromatic N) is 1. The second-order valence-electron chi connectivity index (χ2n) is 7.91. The maximum atomic E-state index is 13.4. The Kier molecular flexibility index (Phi) is 8.97. The van der Waals surface area contributed by atoms with E-state index in [0.717, 1.165) is 15.4 Å². The fourth-order valence-electron chi connectivity index (χ4n) is 3.26. The van der Waals surface area contributed by atoms with Gasteiger partial charge < -0.3 is 4.74 Å². The van der Waals surface area contributed by atoms with E-state index >= 15 is 0 Å². The first kappa shape index (κ1) is 26.6. The predicted molar refractivity (Wildman–Crippen MR) is 134 cm³/mol. The van der Waals surface area contributed by atoms with Crippen molar-refractivity contribution < 1.29 is 28.0 Å². The van der Waals surface area contributed by atoms with Crippen LogP contribution in [0.3, 0.4) is 0 Å². The first-order valence-corrected chi connectivity index (χ1v) is 12.5. The molecule has 0 heterocycles. The number of aryl methyl sites for hydroxylation is 1. The Morgan fingerprint density at radius 3 is 2.06 bits per heavy atom. The molecule has 0 aromatic heterocycles. The lowest BCUT2D eigenvalue weighted by atomic mass is 10.1. The fourth-order valence-corrected chi connectivity index (χ4v) is 4.84. The number of sulfonamides is 1. The average molecular weight is 507 g/mol. The van der Waals surface area contributed by atoms with E-state index < -0.39 is 27.9 Å². The normalized spacial score (nSPS) is 11.8. The van der Waals surface area contributed by atoms with Crippen molar-refractivity contribution in [2.75, 3.05) is 13.2 Å². The predicted octanol–water partition coefficient (Wildman–Crippen LogP) is 3.14. The molecule has 0 aliphatic carbocycles. The van der Waals surface area contributed by atoms with Gasteiger partial charge in [-0.1, -0.05) is 47.7 Å². The zero-order valence-electron chi connectivity index (χ0n) is 19.8. The Balaban J connectivity index is 1.77. The summed E-state index contributed by atoms with van der Waals surface area (Å²) in [5, 5.41) is 9.04. The molecule has 0 saturated heterocycles. The number of ether oxygens (including phenoxy) is 1. The fraction of sp³-hybridized carbons (Fsp3) is 0.185. The van der Waals surface area contributed by atoms with E-state index in [1.807, 2.05) is 31.2 Å². The van der Waals surface area contributed by atoms with Gasteiger partial charge in [0, 0.05) is 17.7 Å². The molecule has 9 heteroatoms. The summed E-state index contributed by atoms with van der Waals surface area (Å²) in [5.41, 5.74) is 4.35. The van der Waals surface area contributed by atoms with E-state index in [2.05, 4.69) is 11.8 Å². The van der Waals surface area contributed by atoms with Crippen LogP contribution in [0.1, 0.15) is 34.0 Å². The van der Waals surface area contributed by atoms with Gasteiger partial charge in [-0.15, -0.1) is 0 Å². The lowest BCUT2D eigenvalue weighted by Gasteiger charge is -2.26. The molecule has 0 saturated carbocycles. The van der Waals surface area contributed by atoms with Gasteiger partial charge in [0.1, 0.15) is 12.6 Å². The second kappa shape index (κ2) is 12.1. The van der Waals surface area contributed by atoms with E-state index in [-0.39, 0.29) is 18.0 Å². The Morgan fingerprint density at radius 2 is 1.50 bits per heavy atom. The Bertz CT molecular complexity index is 1360. The molecule has 0 radical (unpaired) electrons. The molecule has 0 unspecified atom stereocenters. The molecule has 0 aliphatic heterocycles. The first-order chi connectivity index (χ1) is 17.2. The van der Waals surface area contributed by atoms with Gasteiger partial charge in [0.2, 0.25) is 10.0 Å². The maximum absolute atomic E-state index is 13.4. The molecule has 0 fully saturated rings. The molecule has 0 spiro atoms. The smallest absolute Gasteiger partial charge is 0.338 e. The minimum atomic E-state index is -4.18. The van der Waals surface area contributed by atoms with Crippen LogP contribution >= 0.6 is 0 Å². The molecule has 3 aromatic carbocycles. The number of carbonyl (C=O) groups is 2. The van der Waals surface area contributed by atoms with E-state index in [1.54, 1.807) is 42.5 Å². The average Bonchev–Trinajstić information content (AvgIpc) is 2.90. The van der Waals surface area contributed by atoms with Crippen LogP contribution in [0.5, 0.6) is 0 Å². The second-order valence-corrected chi connectivity index (χ2v) is 9.80. The molecule has 1 atom stereocenters. The van der Waals surface area contributed by atoms with Crippen LogP contribution in [0.2, 0.25) is 0 Å². The maximum Gasteiger partial charge on any atom is 0.338 e. The van der Waals surface area contributed by atoms with Crippen molar-refractivity contribution in [1.29, 1.82) is 0 Å². The highest BCUT2D eigenvalue weighted by Gasteiger charge is 2.33. The minimum Gasteiger partial charge on any atom is -0.461 e. The molecule has 8 nitrogen and oxygen atoms in total. The van der Waals surface area contributed by atoms with E-state index in [1.165, 1.54) is 24.5 Å². The minimum absolute atomic E-state index is 0.0737. The summed E-state index contributed by atoms with van der Waals surface area (Å²) >= 11 is 0. The van der Waals surface area contributed by atoms with Gasteiger partial charge in [-0.05, 0) is 62.4 Å². The van der Waals surface area contributed by atoms with Crippen LogP contribution < -0.4 is 5.48 Å². The summed E-state index contributed by atoms with van der Waals surface area (Å²) in [6.07, 6.45) is 0. The molecule has 3 aromatic rings. The van der Waals surface area contributed by atoms with Gasteiger partial charge in [-0.2, -0.15) is 4.31 Å². The van der Waals surface area contributed by atoms with Crippen LogP contribution in [-0.4, -0.2) is 49.0 Å². The van der Waals surface area contributed by atoms with Crippen molar-refractivity contribution in [3.63, 3.8) is 0 Å². The Hall–Kier alpha value is -3.97. The summed E-state index contributed by atoms with van der Waals surface area (Å²) in [4.78, 5) is 24.2. The molecule has 1 amide bonds. The zero-order valence-corrected chi connectivity index (χ0v) is 20.7. The third-order valence-electron chi connectivity index (χ3n) is 5.34. The number of hydrogen-bond donors (Lipinski definition) is 2. The monoisotopic (exact) mass is 506 g/mol. The molecule has 3 rings (SSSR count). The number of esters is 1. The van der Waals surface area contributed by atoms with Crippen LogP contribution in [-0.2, 0) is 19.6 Å². The molecular formula is C27H26N2O6S. The van der Waals surface area contributed by atoms with Gasteiger partial charge in [0.25, 0.3) is 5.91 Å². The van der Waals surface area contributed by atoms with E-state index in [9.17, 15) is 18.0 Å². The SMILES string of the molecule is Cc1ccc(C#Cc2ccc(S(=O)(=O)N(CCOC(=O)c3ccccc3)[C@H](C)C(=O)NO)cc2)cc1. The summed E-state index contributed by atoms with van der Waals surface area (Å²) in [6.45, 7) is 2.71. The van der Waals surface area contributed by atoms with Gasteiger partial charge in [0.15, 0.2) is 0 Å². The van der Waals surface area contributed by atoms with Crippen molar-refractivity contribution in [1.82, 2.24) is 9.79 Å². The van der Waals surface area contributed by atoms with E-state index in [4.69, 9.17) is 9.94 Å². The summed E-state index contributed by atoms with van der Waals surface area (Å²) < 4.78 is 32.8. The van der Waals surface area contributed by atoms with Crippen molar-refractivity contribution in [2.45, 2.75) is 24.8 Å². The third kappa shape index (κ3) is 6.79. The molecule has 2 N–H and O–H groups in total. The number of benzene rings is 3. The Morgan fingerprint density at radius 1 is 0.944 bits per heavy atom. The first-order valence-electron chi connectivity index (χ1n) is 11.1. The number of nitrogens with one attached hydrogen (secondary N) is 1. The van der Waals surface area contributed by atoms with Crippen molar-refractivity contribution in [3.05, 3.63) is 101 Å². The highest BCUT2D eigenvalue weighted by atomic mass is 32.2. The third-order valence-corrected chi connectivity index (χ3v) is 7.32. The molecule has 0 aliphatic rings. The van der Waals surface area contributed by atoms with Crippen molar-refractivity contribution >= 4 is 21.9 Å². The van der Waals surface area contributed by atoms with Crippen LogP contribution in [0, 0.1) is 18.8 Å². The van der Waals surface area contributed by atoms with E-state index in [0.29, 0.717) is 11.1 Å². The van der Waals surface area contributed by atoms with Gasteiger partial charge in [0.05, 0.1) is 10.5 Å². The quantitative estimate of drug-likeness (QED) is 0.210. The topological polar surface area (TPSA) is 113 Å². The molecule has 186 valence electrons. The number of amides is 1. The van der Waals surface area contributed by atoms with Gasteiger partial charge in [-0.25, -0.2) is 18.7 Å². The summed E-state index contributed by atoms with van der Waals surface area (Å²) in [7, 11) is -4.18. The van der Waals surface area contributed by atoms with Crippen LogP contribution in [0.4, 0.5) is 0 Å². The van der Waals surface area contributed by atoms with Crippen LogP contribution in [0.25, 0.3) is 0 Å². The Labute approximate surface area is 210 Å². The summed E-state index contributed by atoms with van der Waals surface area (Å²) in [5.74, 6) is 4.47.